The molecule has 0 aliphatic carbocycles. The van der Waals surface area contributed by atoms with E-state index in [1.807, 2.05) is 20.8 Å². The summed E-state index contributed by atoms with van der Waals surface area (Å²) in [6.07, 6.45) is 0.304. The Morgan fingerprint density at radius 1 is 1.56 bits per heavy atom. The van der Waals surface area contributed by atoms with Crippen LogP contribution in [0.2, 0.25) is 0 Å². The van der Waals surface area contributed by atoms with E-state index >= 15 is 0 Å². The van der Waals surface area contributed by atoms with E-state index in [4.69, 9.17) is 10.00 Å². The third kappa shape index (κ3) is 4.07. The second-order valence-corrected chi connectivity index (χ2v) is 4.98. The second kappa shape index (κ2) is 5.17. The van der Waals surface area contributed by atoms with E-state index in [2.05, 4.69) is 16.7 Å². The van der Waals surface area contributed by atoms with Gasteiger partial charge in [0.2, 0.25) is 0 Å². The Morgan fingerprint density at radius 2 is 2.25 bits per heavy atom. The molecular formula is C11H19N3O2. The predicted molar refractivity (Wildman–Crippen MR) is 59.7 cm³/mol. The quantitative estimate of drug-likeness (QED) is 0.698. The Balaban J connectivity index is 2.46. The molecule has 5 nitrogen and oxygen atoms in total. The molecule has 2 atom stereocenters. The first-order valence-electron chi connectivity index (χ1n) is 5.52. The fourth-order valence-electron chi connectivity index (χ4n) is 1.62. The highest BCUT2D eigenvalue weighted by Crippen LogP contribution is 2.13. The number of alkyl carbamates (subject to hydrolysis) is 1. The van der Waals surface area contributed by atoms with Crippen LogP contribution in [0.1, 0.15) is 27.2 Å². The Hall–Kier alpha value is -1.28. The van der Waals surface area contributed by atoms with Gasteiger partial charge in [-0.05, 0) is 33.7 Å². The van der Waals surface area contributed by atoms with Gasteiger partial charge in [0, 0.05) is 6.54 Å². The standard InChI is InChI=1S/C11H19N3O2/c1-11(2,3)16-10(15)14-9-7-13-5-4-8(9)6-12/h8-9,13H,4-5,7H2,1-3H3,(H,14,15)/t8-,9+/m0/s1. The molecule has 0 saturated carbocycles. The van der Waals surface area contributed by atoms with Crippen LogP contribution in [0.15, 0.2) is 0 Å². The van der Waals surface area contributed by atoms with Crippen LogP contribution in [0.5, 0.6) is 0 Å². The molecule has 16 heavy (non-hydrogen) atoms. The normalized spacial score (nSPS) is 25.6. The number of nitriles is 1. The van der Waals surface area contributed by atoms with Gasteiger partial charge in [0.25, 0.3) is 0 Å². The molecule has 1 heterocycles. The third-order valence-electron chi connectivity index (χ3n) is 2.35. The van der Waals surface area contributed by atoms with E-state index in [1.165, 1.54) is 0 Å². The molecular weight excluding hydrogens is 206 g/mol. The zero-order valence-corrected chi connectivity index (χ0v) is 10.0. The highest BCUT2D eigenvalue weighted by Gasteiger charge is 2.27. The van der Waals surface area contributed by atoms with Crippen LogP contribution in [0.4, 0.5) is 4.79 Å². The predicted octanol–water partition coefficient (Wildman–Crippen LogP) is 1.01. The zero-order chi connectivity index (χ0) is 12.2. The minimum Gasteiger partial charge on any atom is -0.444 e. The number of nitrogens with one attached hydrogen (secondary N) is 2. The lowest BCUT2D eigenvalue weighted by Gasteiger charge is -2.29. The molecule has 0 aromatic carbocycles. The van der Waals surface area contributed by atoms with Gasteiger partial charge in [0.1, 0.15) is 5.60 Å². The average molecular weight is 225 g/mol. The molecule has 0 aromatic heterocycles. The van der Waals surface area contributed by atoms with E-state index in [0.717, 1.165) is 13.0 Å². The lowest BCUT2D eigenvalue weighted by molar-refractivity contribution is 0.0486. The van der Waals surface area contributed by atoms with Gasteiger partial charge in [-0.3, -0.25) is 0 Å². The van der Waals surface area contributed by atoms with Gasteiger partial charge in [-0.15, -0.1) is 0 Å². The van der Waals surface area contributed by atoms with Gasteiger partial charge in [0.05, 0.1) is 18.0 Å². The first-order valence-corrected chi connectivity index (χ1v) is 5.52. The first kappa shape index (κ1) is 12.8. The number of hydrogen-bond acceptors (Lipinski definition) is 4. The largest absolute Gasteiger partial charge is 0.444 e. The molecule has 2 N–H and O–H groups in total. The summed E-state index contributed by atoms with van der Waals surface area (Å²) in [5.74, 6) is -0.131. The summed E-state index contributed by atoms with van der Waals surface area (Å²) >= 11 is 0. The summed E-state index contributed by atoms with van der Waals surface area (Å²) in [6.45, 7) is 6.89. The van der Waals surface area contributed by atoms with Crippen molar-refractivity contribution in [3.05, 3.63) is 0 Å². The van der Waals surface area contributed by atoms with Crippen molar-refractivity contribution in [3.8, 4) is 6.07 Å². The summed E-state index contributed by atoms with van der Waals surface area (Å²) in [4.78, 5) is 11.5. The SMILES string of the molecule is CC(C)(C)OC(=O)N[C@@H]1CNCC[C@H]1C#N. The minimum absolute atomic E-state index is 0.131. The summed E-state index contributed by atoms with van der Waals surface area (Å²) in [7, 11) is 0. The summed E-state index contributed by atoms with van der Waals surface area (Å²) < 4.78 is 5.15. The van der Waals surface area contributed by atoms with E-state index in [-0.39, 0.29) is 12.0 Å². The van der Waals surface area contributed by atoms with E-state index < -0.39 is 11.7 Å². The van der Waals surface area contributed by atoms with Crippen molar-refractivity contribution in [1.82, 2.24) is 10.6 Å². The van der Waals surface area contributed by atoms with Gasteiger partial charge in [-0.2, -0.15) is 5.26 Å². The van der Waals surface area contributed by atoms with Crippen molar-refractivity contribution in [2.45, 2.75) is 38.8 Å². The molecule has 0 aromatic rings. The van der Waals surface area contributed by atoms with E-state index in [1.54, 1.807) is 0 Å². The lowest BCUT2D eigenvalue weighted by atomic mass is 9.94. The van der Waals surface area contributed by atoms with Gasteiger partial charge in [0.15, 0.2) is 0 Å². The van der Waals surface area contributed by atoms with Crippen LogP contribution >= 0.6 is 0 Å². The smallest absolute Gasteiger partial charge is 0.407 e. The molecule has 5 heteroatoms. The highest BCUT2D eigenvalue weighted by molar-refractivity contribution is 5.68. The maximum Gasteiger partial charge on any atom is 0.407 e. The van der Waals surface area contributed by atoms with Crippen LogP contribution in [0, 0.1) is 17.2 Å². The summed E-state index contributed by atoms with van der Waals surface area (Å²) in [6, 6.07) is 2.05. The van der Waals surface area contributed by atoms with Crippen LogP contribution < -0.4 is 10.6 Å². The molecule has 1 amide bonds. The monoisotopic (exact) mass is 225 g/mol. The molecule has 0 spiro atoms. The Labute approximate surface area is 96.2 Å². The van der Waals surface area contributed by atoms with Crippen LogP contribution in [0.25, 0.3) is 0 Å². The Kier molecular flexibility index (Phi) is 4.13. The van der Waals surface area contributed by atoms with Crippen molar-refractivity contribution in [3.63, 3.8) is 0 Å². The molecule has 1 rings (SSSR count). The van der Waals surface area contributed by atoms with E-state index in [0.29, 0.717) is 6.54 Å². The van der Waals surface area contributed by atoms with Crippen LogP contribution in [0.3, 0.4) is 0 Å². The van der Waals surface area contributed by atoms with Crippen LogP contribution in [-0.2, 0) is 4.74 Å². The minimum atomic E-state index is -0.506. The summed E-state index contributed by atoms with van der Waals surface area (Å²) in [5.41, 5.74) is -0.506. The molecule has 0 bridgehead atoms. The molecule has 0 radical (unpaired) electrons. The molecule has 0 unspecified atom stereocenters. The molecule has 1 aliphatic rings. The highest BCUT2D eigenvalue weighted by atomic mass is 16.6. The zero-order valence-electron chi connectivity index (χ0n) is 10.0. The van der Waals surface area contributed by atoms with Crippen molar-refractivity contribution >= 4 is 6.09 Å². The number of carbonyl (C=O) groups is 1. The Morgan fingerprint density at radius 3 is 2.81 bits per heavy atom. The van der Waals surface area contributed by atoms with Gasteiger partial charge < -0.3 is 15.4 Å². The maximum atomic E-state index is 11.5. The number of hydrogen-bond donors (Lipinski definition) is 2. The number of nitrogens with zero attached hydrogens (tertiary/aromatic N) is 1. The van der Waals surface area contributed by atoms with Gasteiger partial charge in [-0.25, -0.2) is 4.79 Å². The van der Waals surface area contributed by atoms with Gasteiger partial charge >= 0.3 is 6.09 Å². The fraction of sp³-hybridized carbons (Fsp3) is 0.818. The van der Waals surface area contributed by atoms with Crippen molar-refractivity contribution in [2.75, 3.05) is 13.1 Å². The number of ether oxygens (including phenoxy) is 1. The number of carbonyl (C=O) groups excluding carboxylic acids is 1. The van der Waals surface area contributed by atoms with Gasteiger partial charge in [-0.1, -0.05) is 0 Å². The number of amides is 1. The second-order valence-electron chi connectivity index (χ2n) is 4.98. The fourth-order valence-corrected chi connectivity index (χ4v) is 1.62. The summed E-state index contributed by atoms with van der Waals surface area (Å²) in [5, 5.41) is 14.8. The van der Waals surface area contributed by atoms with Crippen molar-refractivity contribution in [2.24, 2.45) is 5.92 Å². The lowest BCUT2D eigenvalue weighted by Crippen LogP contribution is -2.51. The first-order chi connectivity index (χ1) is 7.42. The van der Waals surface area contributed by atoms with Crippen LogP contribution in [-0.4, -0.2) is 30.8 Å². The average Bonchev–Trinajstić information content (AvgIpc) is 2.15. The topological polar surface area (TPSA) is 74.2 Å². The Bertz CT molecular complexity index is 291. The van der Waals surface area contributed by atoms with Crippen molar-refractivity contribution < 1.29 is 9.53 Å². The van der Waals surface area contributed by atoms with Crippen molar-refractivity contribution in [1.29, 1.82) is 5.26 Å². The number of piperidine rings is 1. The molecule has 90 valence electrons. The maximum absolute atomic E-state index is 11.5. The molecule has 1 aliphatic heterocycles. The third-order valence-corrected chi connectivity index (χ3v) is 2.35. The molecule has 1 fully saturated rings. The molecule has 1 saturated heterocycles. The number of rotatable bonds is 1. The van der Waals surface area contributed by atoms with E-state index in [9.17, 15) is 4.79 Å².